The predicted molar refractivity (Wildman–Crippen MR) is 55.8 cm³/mol. The molecule has 0 saturated heterocycles. The minimum Gasteiger partial charge on any atom is -0.378 e. The molecule has 0 aromatic rings. The van der Waals surface area contributed by atoms with Crippen molar-refractivity contribution < 1.29 is 4.74 Å². The maximum absolute atomic E-state index is 5.68. The van der Waals surface area contributed by atoms with Gasteiger partial charge in [0.05, 0.1) is 12.7 Å². The highest BCUT2D eigenvalue weighted by molar-refractivity contribution is 4.88. The second-order valence-electron chi connectivity index (χ2n) is 4.10. The van der Waals surface area contributed by atoms with E-state index in [4.69, 9.17) is 4.74 Å². The van der Waals surface area contributed by atoms with E-state index < -0.39 is 0 Å². The van der Waals surface area contributed by atoms with Gasteiger partial charge in [0.15, 0.2) is 0 Å². The number of rotatable bonds is 6. The zero-order valence-electron chi connectivity index (χ0n) is 8.81. The van der Waals surface area contributed by atoms with Crippen molar-refractivity contribution in [2.75, 3.05) is 20.2 Å². The van der Waals surface area contributed by atoms with Crippen molar-refractivity contribution in [3.8, 4) is 0 Å². The van der Waals surface area contributed by atoms with E-state index in [-0.39, 0.29) is 0 Å². The van der Waals surface area contributed by atoms with E-state index in [9.17, 15) is 0 Å². The van der Waals surface area contributed by atoms with E-state index in [2.05, 4.69) is 11.9 Å². The van der Waals surface area contributed by atoms with Gasteiger partial charge in [0.1, 0.15) is 0 Å². The summed E-state index contributed by atoms with van der Waals surface area (Å²) in [6, 6.07) is 0. The van der Waals surface area contributed by atoms with Crippen LogP contribution in [0.5, 0.6) is 0 Å². The molecular weight excluding hydrogens is 162 g/mol. The fourth-order valence-corrected chi connectivity index (χ4v) is 1.67. The van der Waals surface area contributed by atoms with Crippen LogP contribution in [0.1, 0.15) is 26.2 Å². The van der Waals surface area contributed by atoms with Gasteiger partial charge in [0.2, 0.25) is 0 Å². The van der Waals surface area contributed by atoms with Gasteiger partial charge in [-0.3, -0.25) is 0 Å². The second-order valence-corrected chi connectivity index (χ2v) is 4.10. The first-order chi connectivity index (χ1) is 6.22. The second kappa shape index (κ2) is 5.40. The van der Waals surface area contributed by atoms with Crippen molar-refractivity contribution in [2.24, 2.45) is 5.92 Å². The van der Waals surface area contributed by atoms with Crippen molar-refractivity contribution >= 4 is 0 Å². The van der Waals surface area contributed by atoms with E-state index in [1.807, 2.05) is 14.0 Å². The molecule has 2 heteroatoms. The zero-order valence-corrected chi connectivity index (χ0v) is 8.81. The van der Waals surface area contributed by atoms with E-state index in [1.165, 1.54) is 18.4 Å². The Bertz CT molecular complexity index is 161. The monoisotopic (exact) mass is 183 g/mol. The lowest BCUT2D eigenvalue weighted by atomic mass is 9.82. The van der Waals surface area contributed by atoms with Crippen LogP contribution < -0.4 is 5.32 Å². The van der Waals surface area contributed by atoms with Crippen molar-refractivity contribution in [3.05, 3.63) is 12.2 Å². The van der Waals surface area contributed by atoms with Crippen molar-refractivity contribution in [2.45, 2.75) is 32.3 Å². The third-order valence-electron chi connectivity index (χ3n) is 2.57. The van der Waals surface area contributed by atoms with Crippen LogP contribution in [0.4, 0.5) is 0 Å². The Labute approximate surface area is 81.4 Å². The van der Waals surface area contributed by atoms with Gasteiger partial charge in [-0.2, -0.15) is 0 Å². The summed E-state index contributed by atoms with van der Waals surface area (Å²) in [6.45, 7) is 7.89. The Morgan fingerprint density at radius 3 is 2.77 bits per heavy atom. The van der Waals surface area contributed by atoms with Gasteiger partial charge in [-0.05, 0) is 45.7 Å². The molecule has 1 N–H and O–H groups in total. The first kappa shape index (κ1) is 10.7. The summed E-state index contributed by atoms with van der Waals surface area (Å²) in [5.41, 5.74) is 1.21. The Hall–Kier alpha value is -0.340. The molecule has 13 heavy (non-hydrogen) atoms. The van der Waals surface area contributed by atoms with Gasteiger partial charge >= 0.3 is 0 Å². The SMILES string of the molecule is C=C(C)CCOC1CC(CNC)C1. The van der Waals surface area contributed by atoms with Crippen molar-refractivity contribution in [1.29, 1.82) is 0 Å². The minimum absolute atomic E-state index is 0.526. The summed E-state index contributed by atoms with van der Waals surface area (Å²) < 4.78 is 5.68. The lowest BCUT2D eigenvalue weighted by Gasteiger charge is -2.35. The third-order valence-corrected chi connectivity index (χ3v) is 2.57. The van der Waals surface area contributed by atoms with Crippen LogP contribution in [-0.4, -0.2) is 26.3 Å². The summed E-state index contributed by atoms with van der Waals surface area (Å²) in [6.07, 6.45) is 4.00. The van der Waals surface area contributed by atoms with Crippen LogP contribution in [0.25, 0.3) is 0 Å². The molecule has 0 radical (unpaired) electrons. The molecule has 1 fully saturated rings. The van der Waals surface area contributed by atoms with Crippen LogP contribution in [-0.2, 0) is 4.74 Å². The Morgan fingerprint density at radius 1 is 1.54 bits per heavy atom. The number of ether oxygens (including phenoxy) is 1. The number of hydrogen-bond donors (Lipinski definition) is 1. The maximum Gasteiger partial charge on any atom is 0.0581 e. The molecule has 0 unspecified atom stereocenters. The van der Waals surface area contributed by atoms with E-state index in [1.54, 1.807) is 0 Å². The van der Waals surface area contributed by atoms with Gasteiger partial charge in [0.25, 0.3) is 0 Å². The topological polar surface area (TPSA) is 21.3 Å². The molecule has 76 valence electrons. The van der Waals surface area contributed by atoms with Gasteiger partial charge < -0.3 is 10.1 Å². The molecule has 1 saturated carbocycles. The summed E-state index contributed by atoms with van der Waals surface area (Å²) in [7, 11) is 2.01. The highest BCUT2D eigenvalue weighted by atomic mass is 16.5. The molecule has 1 rings (SSSR count). The van der Waals surface area contributed by atoms with Crippen molar-refractivity contribution in [1.82, 2.24) is 5.32 Å². The molecule has 0 spiro atoms. The van der Waals surface area contributed by atoms with Gasteiger partial charge in [-0.1, -0.05) is 5.57 Å². The fourth-order valence-electron chi connectivity index (χ4n) is 1.67. The van der Waals surface area contributed by atoms with Crippen LogP contribution in [0.2, 0.25) is 0 Å². The van der Waals surface area contributed by atoms with Gasteiger partial charge in [-0.15, -0.1) is 6.58 Å². The van der Waals surface area contributed by atoms with Gasteiger partial charge in [0, 0.05) is 0 Å². The largest absolute Gasteiger partial charge is 0.378 e. The molecule has 0 aliphatic heterocycles. The van der Waals surface area contributed by atoms with E-state index in [0.717, 1.165) is 25.5 Å². The fraction of sp³-hybridized carbons (Fsp3) is 0.818. The summed E-state index contributed by atoms with van der Waals surface area (Å²) in [5.74, 6) is 0.847. The van der Waals surface area contributed by atoms with Gasteiger partial charge in [-0.25, -0.2) is 0 Å². The normalized spacial score (nSPS) is 26.9. The average Bonchev–Trinajstić information content (AvgIpc) is 1.99. The highest BCUT2D eigenvalue weighted by Crippen LogP contribution is 2.29. The lowest BCUT2D eigenvalue weighted by Crippen LogP contribution is -2.37. The van der Waals surface area contributed by atoms with Crippen LogP contribution in [0.15, 0.2) is 12.2 Å². The molecule has 1 aliphatic rings. The lowest BCUT2D eigenvalue weighted by molar-refractivity contribution is -0.0279. The Morgan fingerprint density at radius 2 is 2.23 bits per heavy atom. The summed E-state index contributed by atoms with van der Waals surface area (Å²) in [5, 5.41) is 3.19. The van der Waals surface area contributed by atoms with E-state index >= 15 is 0 Å². The average molecular weight is 183 g/mol. The van der Waals surface area contributed by atoms with Crippen molar-refractivity contribution in [3.63, 3.8) is 0 Å². The Balaban J connectivity index is 1.93. The first-order valence-corrected chi connectivity index (χ1v) is 5.13. The van der Waals surface area contributed by atoms with Crippen LogP contribution >= 0.6 is 0 Å². The highest BCUT2D eigenvalue weighted by Gasteiger charge is 2.28. The molecule has 0 aromatic carbocycles. The van der Waals surface area contributed by atoms with Crippen LogP contribution in [0, 0.1) is 5.92 Å². The molecule has 0 heterocycles. The molecule has 0 atom stereocenters. The summed E-state index contributed by atoms with van der Waals surface area (Å²) >= 11 is 0. The summed E-state index contributed by atoms with van der Waals surface area (Å²) in [4.78, 5) is 0. The predicted octanol–water partition coefficient (Wildman–Crippen LogP) is 1.97. The minimum atomic E-state index is 0.526. The first-order valence-electron chi connectivity index (χ1n) is 5.13. The molecule has 0 bridgehead atoms. The zero-order chi connectivity index (χ0) is 9.68. The molecule has 0 amide bonds. The quantitative estimate of drug-likeness (QED) is 0.636. The number of nitrogens with one attached hydrogen (secondary N) is 1. The number of hydrogen-bond acceptors (Lipinski definition) is 2. The molecule has 0 aromatic heterocycles. The Kier molecular flexibility index (Phi) is 4.46. The third kappa shape index (κ3) is 3.92. The standard InChI is InChI=1S/C11H21NO/c1-9(2)4-5-13-11-6-10(7-11)8-12-3/h10-12H,1,4-8H2,2-3H3. The maximum atomic E-state index is 5.68. The molecular formula is C11H21NO. The molecule has 1 aliphatic carbocycles. The smallest absolute Gasteiger partial charge is 0.0581 e. The van der Waals surface area contributed by atoms with E-state index in [0.29, 0.717) is 6.10 Å². The molecule has 2 nitrogen and oxygen atoms in total. The van der Waals surface area contributed by atoms with Crippen LogP contribution in [0.3, 0.4) is 0 Å².